The summed E-state index contributed by atoms with van der Waals surface area (Å²) in [5.41, 5.74) is 0. The topological polar surface area (TPSA) is 15.3 Å². The molecule has 78 valence electrons. The van der Waals surface area contributed by atoms with E-state index < -0.39 is 0 Å². The van der Waals surface area contributed by atoms with Crippen LogP contribution in [-0.2, 0) is 0 Å². The van der Waals surface area contributed by atoms with Crippen LogP contribution >= 0.6 is 0 Å². The molecule has 1 N–H and O–H groups in total. The third kappa shape index (κ3) is 0.989. The Morgan fingerprint density at radius 1 is 1.07 bits per heavy atom. The molecule has 3 aliphatic heterocycles. The summed E-state index contributed by atoms with van der Waals surface area (Å²) >= 11 is 0. The molecule has 2 heteroatoms. The summed E-state index contributed by atoms with van der Waals surface area (Å²) in [4.78, 5) is 2.70. The van der Waals surface area contributed by atoms with Crippen LogP contribution in [0.4, 0.5) is 0 Å². The fourth-order valence-electron chi connectivity index (χ4n) is 4.68. The van der Waals surface area contributed by atoms with Gasteiger partial charge in [0.05, 0.1) is 0 Å². The van der Waals surface area contributed by atoms with Crippen LogP contribution in [0.15, 0.2) is 0 Å². The molecule has 0 radical (unpaired) electrons. The van der Waals surface area contributed by atoms with Gasteiger partial charge in [-0.15, -0.1) is 0 Å². The van der Waals surface area contributed by atoms with E-state index >= 15 is 0 Å². The van der Waals surface area contributed by atoms with Gasteiger partial charge in [-0.25, -0.2) is 0 Å². The number of fused-ring (bicyclic) bond motifs is 4. The van der Waals surface area contributed by atoms with E-state index in [0.29, 0.717) is 0 Å². The highest BCUT2D eigenvalue weighted by atomic mass is 15.2. The van der Waals surface area contributed by atoms with E-state index in [1.54, 1.807) is 6.42 Å². The predicted octanol–water partition coefficient (Wildman–Crippen LogP) is 0.936. The van der Waals surface area contributed by atoms with E-state index in [4.69, 9.17) is 0 Å². The molecule has 0 spiro atoms. The monoisotopic (exact) mass is 192 g/mol. The molecule has 4 fully saturated rings. The molecule has 4 rings (SSSR count). The predicted molar refractivity (Wildman–Crippen MR) is 56.0 cm³/mol. The molecule has 0 aromatic heterocycles. The van der Waals surface area contributed by atoms with Gasteiger partial charge < -0.3 is 10.2 Å². The molecule has 14 heavy (non-hydrogen) atoms. The molecule has 1 saturated carbocycles. The Morgan fingerprint density at radius 2 is 2.07 bits per heavy atom. The van der Waals surface area contributed by atoms with Crippen molar-refractivity contribution in [2.24, 2.45) is 23.7 Å². The Bertz CT molecular complexity index is 227. The molecule has 0 aromatic carbocycles. The number of hydrogen-bond donors (Lipinski definition) is 1. The van der Waals surface area contributed by atoms with E-state index in [1.165, 1.54) is 39.0 Å². The van der Waals surface area contributed by atoms with Crippen LogP contribution in [0.1, 0.15) is 19.3 Å². The Labute approximate surface area is 86.0 Å². The van der Waals surface area contributed by atoms with E-state index in [2.05, 4.69) is 10.2 Å². The van der Waals surface area contributed by atoms with Gasteiger partial charge in [0.1, 0.15) is 0 Å². The fraction of sp³-hybridized carbons (Fsp3) is 1.00. The highest BCUT2D eigenvalue weighted by Crippen LogP contribution is 2.47. The lowest BCUT2D eigenvalue weighted by molar-refractivity contribution is 0.183. The van der Waals surface area contributed by atoms with Crippen molar-refractivity contribution in [1.29, 1.82) is 0 Å². The van der Waals surface area contributed by atoms with Crippen molar-refractivity contribution < 1.29 is 0 Å². The largest absolute Gasteiger partial charge is 0.313 e. The zero-order valence-electron chi connectivity index (χ0n) is 8.78. The van der Waals surface area contributed by atoms with E-state index in [-0.39, 0.29) is 0 Å². The zero-order chi connectivity index (χ0) is 9.12. The van der Waals surface area contributed by atoms with Crippen molar-refractivity contribution in [2.75, 3.05) is 26.2 Å². The molecule has 4 aliphatic rings. The Kier molecular flexibility index (Phi) is 1.58. The highest BCUT2D eigenvalue weighted by Gasteiger charge is 2.49. The van der Waals surface area contributed by atoms with Crippen molar-refractivity contribution in [3.63, 3.8) is 0 Å². The van der Waals surface area contributed by atoms with Crippen molar-refractivity contribution in [3.8, 4) is 0 Å². The van der Waals surface area contributed by atoms with Crippen molar-refractivity contribution in [2.45, 2.75) is 25.3 Å². The molecule has 4 bridgehead atoms. The van der Waals surface area contributed by atoms with Gasteiger partial charge in [-0.05, 0) is 56.0 Å². The summed E-state index contributed by atoms with van der Waals surface area (Å²) in [6.07, 6.45) is 4.54. The van der Waals surface area contributed by atoms with Crippen LogP contribution in [0.2, 0.25) is 0 Å². The number of nitrogens with zero attached hydrogens (tertiary/aromatic N) is 1. The number of piperidine rings is 2. The molecule has 0 amide bonds. The van der Waals surface area contributed by atoms with Crippen LogP contribution in [-0.4, -0.2) is 37.1 Å². The lowest BCUT2D eigenvalue weighted by atomic mass is 9.78. The maximum Gasteiger partial charge on any atom is 0.0102 e. The van der Waals surface area contributed by atoms with Crippen LogP contribution < -0.4 is 5.32 Å². The van der Waals surface area contributed by atoms with Gasteiger partial charge in [0, 0.05) is 19.1 Å². The second kappa shape index (κ2) is 2.73. The maximum atomic E-state index is 3.72. The first-order chi connectivity index (χ1) is 6.90. The Hall–Kier alpha value is -0.0800. The Morgan fingerprint density at radius 3 is 2.64 bits per heavy atom. The number of rotatable bonds is 1. The number of nitrogens with one attached hydrogen (secondary N) is 1. The van der Waals surface area contributed by atoms with E-state index in [1.807, 2.05) is 0 Å². The maximum absolute atomic E-state index is 3.72. The molecular weight excluding hydrogens is 172 g/mol. The van der Waals surface area contributed by atoms with Gasteiger partial charge in [-0.2, -0.15) is 0 Å². The molecule has 3 heterocycles. The fourth-order valence-corrected chi connectivity index (χ4v) is 4.68. The molecule has 3 saturated heterocycles. The van der Waals surface area contributed by atoms with Crippen LogP contribution in [0, 0.1) is 23.7 Å². The summed E-state index contributed by atoms with van der Waals surface area (Å²) in [6.45, 7) is 5.58. The molecular formula is C12H20N2. The molecule has 0 aromatic rings. The average molecular weight is 192 g/mol. The standard InChI is InChI=1S/C12H20N2/c1-2-14-6-9(1)11(7-14)10-3-8-4-12(10)13-5-8/h8-13H,1-7H2. The first kappa shape index (κ1) is 8.12. The number of hydrogen-bond acceptors (Lipinski definition) is 2. The van der Waals surface area contributed by atoms with Gasteiger partial charge in [0.25, 0.3) is 0 Å². The molecule has 6 atom stereocenters. The SMILES string of the molecule is C1NC2CC1CC2C1CN2CCC1C2. The first-order valence-electron chi connectivity index (χ1n) is 6.36. The van der Waals surface area contributed by atoms with E-state index in [9.17, 15) is 0 Å². The van der Waals surface area contributed by atoms with Crippen LogP contribution in [0.5, 0.6) is 0 Å². The van der Waals surface area contributed by atoms with Crippen molar-refractivity contribution >= 4 is 0 Å². The summed E-state index contributed by atoms with van der Waals surface area (Å²) in [6, 6.07) is 0.908. The zero-order valence-corrected chi connectivity index (χ0v) is 8.78. The minimum atomic E-state index is 0.908. The molecule has 6 unspecified atom stereocenters. The van der Waals surface area contributed by atoms with Gasteiger partial charge in [0.15, 0.2) is 0 Å². The minimum absolute atomic E-state index is 0.908. The Balaban J connectivity index is 1.54. The minimum Gasteiger partial charge on any atom is -0.313 e. The van der Waals surface area contributed by atoms with Crippen LogP contribution in [0.3, 0.4) is 0 Å². The van der Waals surface area contributed by atoms with E-state index in [0.717, 1.165) is 29.7 Å². The third-order valence-electron chi connectivity index (χ3n) is 5.31. The van der Waals surface area contributed by atoms with Gasteiger partial charge >= 0.3 is 0 Å². The quantitative estimate of drug-likeness (QED) is 0.665. The summed E-state index contributed by atoms with van der Waals surface area (Å²) in [5.74, 6) is 4.22. The average Bonchev–Trinajstić information content (AvgIpc) is 2.96. The molecule has 1 aliphatic carbocycles. The highest BCUT2D eigenvalue weighted by molar-refractivity contribution is 5.03. The van der Waals surface area contributed by atoms with Crippen LogP contribution in [0.25, 0.3) is 0 Å². The lowest BCUT2D eigenvalue weighted by Crippen LogP contribution is -2.41. The first-order valence-corrected chi connectivity index (χ1v) is 6.36. The van der Waals surface area contributed by atoms with Gasteiger partial charge in [0.2, 0.25) is 0 Å². The van der Waals surface area contributed by atoms with Crippen molar-refractivity contribution in [1.82, 2.24) is 10.2 Å². The second-order valence-electron chi connectivity index (χ2n) is 5.99. The van der Waals surface area contributed by atoms with Gasteiger partial charge in [-0.1, -0.05) is 0 Å². The summed E-state index contributed by atoms with van der Waals surface area (Å²) < 4.78 is 0. The van der Waals surface area contributed by atoms with Gasteiger partial charge in [-0.3, -0.25) is 0 Å². The smallest absolute Gasteiger partial charge is 0.0102 e. The lowest BCUT2D eigenvalue weighted by Gasteiger charge is -2.33. The summed E-state index contributed by atoms with van der Waals surface area (Å²) in [5, 5.41) is 3.72. The van der Waals surface area contributed by atoms with Crippen molar-refractivity contribution in [3.05, 3.63) is 0 Å². The third-order valence-corrected chi connectivity index (χ3v) is 5.31. The summed E-state index contributed by atoms with van der Waals surface area (Å²) in [7, 11) is 0. The molecule has 2 nitrogen and oxygen atoms in total. The second-order valence-corrected chi connectivity index (χ2v) is 5.99. The normalized spacial score (nSPS) is 60.0.